The Morgan fingerprint density at radius 3 is 2.69 bits per heavy atom. The van der Waals surface area contributed by atoms with Gasteiger partial charge in [0.25, 0.3) is 5.92 Å². The first kappa shape index (κ1) is 22.2. The number of ether oxygens (including phenoxy) is 2. The molecular weight excluding hydrogens is 420 g/mol. The number of rotatable bonds is 9. The number of carbonyl (C=O) groups is 1. The average Bonchev–Trinajstić information content (AvgIpc) is 3.55. The molecule has 1 amide bonds. The van der Waals surface area contributed by atoms with Crippen molar-refractivity contribution in [3.05, 3.63) is 36.2 Å². The lowest BCUT2D eigenvalue weighted by Crippen LogP contribution is -2.56. The van der Waals surface area contributed by atoms with E-state index in [1.54, 1.807) is 24.4 Å². The van der Waals surface area contributed by atoms with E-state index in [9.17, 15) is 13.6 Å². The molecule has 1 aliphatic heterocycles. The Bertz CT molecular complexity index is 932. The summed E-state index contributed by atoms with van der Waals surface area (Å²) in [4.78, 5) is 18.4. The second-order valence-electron chi connectivity index (χ2n) is 8.80. The largest absolute Gasteiger partial charge is 0.476 e. The van der Waals surface area contributed by atoms with E-state index in [1.165, 1.54) is 11.0 Å². The molecule has 0 radical (unpaired) electrons. The summed E-state index contributed by atoms with van der Waals surface area (Å²) in [7, 11) is 0. The maximum Gasteiger partial charge on any atom is 0.414 e. The third kappa shape index (κ3) is 5.80. The van der Waals surface area contributed by atoms with E-state index in [2.05, 4.69) is 20.5 Å². The number of amides is 1. The number of carbonyl (C=O) groups excluding carboxylic acids is 1. The van der Waals surface area contributed by atoms with Crippen LogP contribution in [0.3, 0.4) is 0 Å². The van der Waals surface area contributed by atoms with Crippen molar-refractivity contribution >= 4 is 11.8 Å². The van der Waals surface area contributed by atoms with Crippen molar-refractivity contribution in [2.45, 2.75) is 45.1 Å². The van der Waals surface area contributed by atoms with Gasteiger partial charge in [0, 0.05) is 12.3 Å². The van der Waals surface area contributed by atoms with Crippen LogP contribution < -0.4 is 19.7 Å². The number of nitrogens with zero attached hydrogens (tertiary/aromatic N) is 4. The summed E-state index contributed by atoms with van der Waals surface area (Å²) in [5.41, 5.74) is 1.11. The molecule has 1 saturated heterocycles. The van der Waals surface area contributed by atoms with Crippen molar-refractivity contribution in [2.75, 3.05) is 24.6 Å². The molecule has 8 nitrogen and oxygen atoms in total. The van der Waals surface area contributed by atoms with Crippen LogP contribution in [0.15, 0.2) is 30.5 Å². The molecule has 172 valence electrons. The van der Waals surface area contributed by atoms with Crippen molar-refractivity contribution in [3.63, 3.8) is 0 Å². The first-order chi connectivity index (χ1) is 15.3. The normalized spacial score (nSPS) is 18.1. The van der Waals surface area contributed by atoms with Gasteiger partial charge in [0.15, 0.2) is 0 Å². The standard InChI is InChI=1S/C22H27F2N5O3/c1-14(2)10-17(16-4-3-9-25-28-16)26-21(30)32-19-8-7-18(29-12-22(23,24)13-29)20(27-19)31-11-15-5-6-15/h3-4,7-9,14-15,17H,5-6,10-13H2,1-2H3,(H,26,30)/t17-/m0/s1. The number of pyridine rings is 1. The number of nitrogens with one attached hydrogen (secondary N) is 1. The Hall–Kier alpha value is -3.04. The van der Waals surface area contributed by atoms with Crippen LogP contribution in [0.1, 0.15) is 44.8 Å². The first-order valence-electron chi connectivity index (χ1n) is 10.8. The molecule has 0 aromatic carbocycles. The van der Waals surface area contributed by atoms with E-state index in [0.29, 0.717) is 36.2 Å². The van der Waals surface area contributed by atoms with Gasteiger partial charge in [0.2, 0.25) is 11.8 Å². The number of hydrogen-bond donors (Lipinski definition) is 1. The molecule has 3 heterocycles. The highest BCUT2D eigenvalue weighted by atomic mass is 19.3. The monoisotopic (exact) mass is 447 g/mol. The second-order valence-corrected chi connectivity index (χ2v) is 8.80. The molecule has 1 aliphatic carbocycles. The smallest absolute Gasteiger partial charge is 0.414 e. The van der Waals surface area contributed by atoms with Gasteiger partial charge in [0.1, 0.15) is 5.69 Å². The number of anilines is 1. The number of hydrogen-bond acceptors (Lipinski definition) is 7. The van der Waals surface area contributed by atoms with Crippen LogP contribution in [0.2, 0.25) is 0 Å². The van der Waals surface area contributed by atoms with E-state index < -0.39 is 12.0 Å². The average molecular weight is 447 g/mol. The third-order valence-corrected chi connectivity index (χ3v) is 5.30. The van der Waals surface area contributed by atoms with Crippen molar-refractivity contribution in [2.24, 2.45) is 11.8 Å². The predicted molar refractivity (Wildman–Crippen MR) is 113 cm³/mol. The summed E-state index contributed by atoms with van der Waals surface area (Å²) in [6.07, 6.45) is 3.69. The van der Waals surface area contributed by atoms with Crippen LogP contribution in [0.25, 0.3) is 0 Å². The quantitative estimate of drug-likeness (QED) is 0.622. The second kappa shape index (κ2) is 9.22. The molecule has 2 aromatic rings. The summed E-state index contributed by atoms with van der Waals surface area (Å²) < 4.78 is 37.9. The van der Waals surface area contributed by atoms with Crippen molar-refractivity contribution < 1.29 is 23.0 Å². The molecule has 32 heavy (non-hydrogen) atoms. The van der Waals surface area contributed by atoms with Gasteiger partial charge in [-0.25, -0.2) is 13.6 Å². The van der Waals surface area contributed by atoms with E-state index in [0.717, 1.165) is 12.8 Å². The topological polar surface area (TPSA) is 89.5 Å². The lowest BCUT2D eigenvalue weighted by molar-refractivity contribution is -0.0265. The maximum atomic E-state index is 13.3. The summed E-state index contributed by atoms with van der Waals surface area (Å²) in [5, 5.41) is 10.8. The Kier molecular flexibility index (Phi) is 6.38. The lowest BCUT2D eigenvalue weighted by atomic mass is 10.0. The fourth-order valence-corrected chi connectivity index (χ4v) is 3.47. The molecular formula is C22H27F2N5O3. The Labute approximate surface area is 185 Å². The van der Waals surface area contributed by atoms with Crippen LogP contribution in [-0.2, 0) is 0 Å². The molecule has 1 saturated carbocycles. The van der Waals surface area contributed by atoms with Gasteiger partial charge in [-0.05, 0) is 49.3 Å². The molecule has 10 heteroatoms. The molecule has 0 spiro atoms. The van der Waals surface area contributed by atoms with Gasteiger partial charge in [-0.3, -0.25) is 0 Å². The van der Waals surface area contributed by atoms with Crippen molar-refractivity contribution in [1.82, 2.24) is 20.5 Å². The maximum absolute atomic E-state index is 13.3. The highest BCUT2D eigenvalue weighted by molar-refractivity contribution is 5.71. The zero-order chi connectivity index (χ0) is 22.7. The van der Waals surface area contributed by atoms with E-state index in [4.69, 9.17) is 9.47 Å². The summed E-state index contributed by atoms with van der Waals surface area (Å²) >= 11 is 0. The van der Waals surface area contributed by atoms with Crippen LogP contribution in [0, 0.1) is 11.8 Å². The van der Waals surface area contributed by atoms with Gasteiger partial charge in [-0.15, -0.1) is 0 Å². The van der Waals surface area contributed by atoms with Crippen molar-refractivity contribution in [3.8, 4) is 11.8 Å². The molecule has 2 aromatic heterocycles. The molecule has 2 aliphatic rings. The zero-order valence-corrected chi connectivity index (χ0v) is 18.1. The minimum atomic E-state index is -2.71. The van der Waals surface area contributed by atoms with Gasteiger partial charge in [-0.2, -0.15) is 15.2 Å². The fraction of sp³-hybridized carbons (Fsp3) is 0.545. The van der Waals surface area contributed by atoms with E-state index in [1.807, 2.05) is 13.8 Å². The summed E-state index contributed by atoms with van der Waals surface area (Å²) in [6.45, 7) is 3.77. The Morgan fingerprint density at radius 1 is 1.28 bits per heavy atom. The van der Waals surface area contributed by atoms with Gasteiger partial charge < -0.3 is 19.7 Å². The minimum Gasteiger partial charge on any atom is -0.476 e. The lowest BCUT2D eigenvalue weighted by Gasteiger charge is -2.40. The van der Waals surface area contributed by atoms with Crippen LogP contribution >= 0.6 is 0 Å². The molecule has 4 rings (SSSR count). The first-order valence-corrected chi connectivity index (χ1v) is 10.8. The number of halogens is 2. The van der Waals surface area contributed by atoms with Gasteiger partial charge in [0.05, 0.1) is 31.4 Å². The Morgan fingerprint density at radius 2 is 2.06 bits per heavy atom. The number of aromatic nitrogens is 3. The predicted octanol–water partition coefficient (Wildman–Crippen LogP) is 3.99. The van der Waals surface area contributed by atoms with Crippen molar-refractivity contribution in [1.29, 1.82) is 0 Å². The molecule has 1 N–H and O–H groups in total. The van der Waals surface area contributed by atoms with Gasteiger partial charge in [-0.1, -0.05) is 13.8 Å². The zero-order valence-electron chi connectivity index (χ0n) is 18.1. The number of alkyl halides is 2. The Balaban J connectivity index is 1.45. The van der Waals surface area contributed by atoms with Crippen LogP contribution in [0.5, 0.6) is 11.8 Å². The minimum absolute atomic E-state index is 0.0340. The van der Waals surface area contributed by atoms with E-state index in [-0.39, 0.29) is 30.9 Å². The van der Waals surface area contributed by atoms with E-state index >= 15 is 0 Å². The summed E-state index contributed by atoms with van der Waals surface area (Å²) in [6, 6.07) is 6.26. The third-order valence-electron chi connectivity index (χ3n) is 5.30. The molecule has 0 unspecified atom stereocenters. The molecule has 2 fully saturated rings. The summed E-state index contributed by atoms with van der Waals surface area (Å²) in [5.74, 6) is -1.72. The molecule has 0 bridgehead atoms. The highest BCUT2D eigenvalue weighted by Crippen LogP contribution is 2.38. The highest BCUT2D eigenvalue weighted by Gasteiger charge is 2.45. The van der Waals surface area contributed by atoms with Crippen LogP contribution in [-0.4, -0.2) is 46.9 Å². The fourth-order valence-electron chi connectivity index (χ4n) is 3.47. The SMILES string of the molecule is CC(C)C[C@H](NC(=O)Oc1ccc(N2CC(F)(F)C2)c(OCC2CC2)n1)c1cccnn1. The molecule has 1 atom stereocenters. The van der Waals surface area contributed by atoms with Crippen LogP contribution in [0.4, 0.5) is 19.3 Å². The van der Waals surface area contributed by atoms with Gasteiger partial charge >= 0.3 is 6.09 Å².